The molecule has 22 heavy (non-hydrogen) atoms. The molecule has 108 valence electrons. The van der Waals surface area contributed by atoms with E-state index in [9.17, 15) is 4.79 Å². The van der Waals surface area contributed by atoms with Gasteiger partial charge < -0.3 is 5.32 Å². The van der Waals surface area contributed by atoms with Gasteiger partial charge in [0.25, 0.3) is 0 Å². The zero-order chi connectivity index (χ0) is 14.9. The summed E-state index contributed by atoms with van der Waals surface area (Å²) in [5, 5.41) is 5.86. The molecule has 1 atom stereocenters. The molecule has 3 aromatic rings. The molecule has 0 unspecified atom stereocenters. The first-order valence-corrected chi connectivity index (χ1v) is 7.64. The molecule has 3 aromatic carbocycles. The van der Waals surface area contributed by atoms with Crippen molar-refractivity contribution in [3.05, 3.63) is 77.9 Å². The van der Waals surface area contributed by atoms with Crippen molar-refractivity contribution in [1.29, 1.82) is 0 Å². The van der Waals surface area contributed by atoms with E-state index in [-0.39, 0.29) is 11.8 Å². The molecule has 0 amide bonds. The first-order chi connectivity index (χ1) is 10.8. The van der Waals surface area contributed by atoms with Gasteiger partial charge in [-0.05, 0) is 34.4 Å². The van der Waals surface area contributed by atoms with Crippen molar-refractivity contribution in [2.45, 2.75) is 18.9 Å². The summed E-state index contributed by atoms with van der Waals surface area (Å²) in [6.45, 7) is 0. The summed E-state index contributed by atoms with van der Waals surface area (Å²) in [7, 11) is 0. The summed E-state index contributed by atoms with van der Waals surface area (Å²) in [5.74, 6) is 0.270. The zero-order valence-corrected chi connectivity index (χ0v) is 12.3. The molecule has 1 N–H and O–H groups in total. The predicted octanol–water partition coefficient (Wildman–Crippen LogP) is 3.99. The highest BCUT2D eigenvalue weighted by atomic mass is 16.1. The van der Waals surface area contributed by atoms with Gasteiger partial charge in [0.1, 0.15) is 0 Å². The number of carbonyl (C=O) groups is 1. The molecule has 0 saturated heterocycles. The number of hydrogen-bond donors (Lipinski definition) is 1. The Bertz CT molecular complexity index is 853. The highest BCUT2D eigenvalue weighted by molar-refractivity contribution is 5.93. The summed E-state index contributed by atoms with van der Waals surface area (Å²) in [6.07, 6.45) is 1.26. The summed E-state index contributed by atoms with van der Waals surface area (Å²) in [4.78, 5) is 12.4. The molecule has 2 heteroatoms. The van der Waals surface area contributed by atoms with Crippen molar-refractivity contribution >= 4 is 22.2 Å². The van der Waals surface area contributed by atoms with Crippen LogP contribution < -0.4 is 5.32 Å². The number of rotatable bonds is 2. The quantitative estimate of drug-likeness (QED) is 0.772. The van der Waals surface area contributed by atoms with E-state index in [0.717, 1.165) is 17.7 Å². The molecule has 0 bridgehead atoms. The minimum Gasteiger partial charge on any atom is -0.375 e. The average Bonchev–Trinajstić information content (AvgIpc) is 2.55. The van der Waals surface area contributed by atoms with E-state index in [1.807, 2.05) is 30.3 Å². The van der Waals surface area contributed by atoms with Crippen molar-refractivity contribution in [3.63, 3.8) is 0 Å². The van der Waals surface area contributed by atoms with Gasteiger partial charge in [-0.2, -0.15) is 0 Å². The molecule has 0 spiro atoms. The van der Waals surface area contributed by atoms with E-state index in [1.54, 1.807) is 0 Å². The smallest absolute Gasteiger partial charge is 0.159 e. The summed E-state index contributed by atoms with van der Waals surface area (Å²) < 4.78 is 0. The Labute approximate surface area is 129 Å². The third kappa shape index (κ3) is 2.37. The minimum absolute atomic E-state index is 0.129. The molecule has 0 aromatic heterocycles. The third-order valence-electron chi connectivity index (χ3n) is 4.35. The number of Topliss-reactive ketones (excluding diaryl/α,β-unsaturated/α-hetero) is 1. The van der Waals surface area contributed by atoms with E-state index in [0.29, 0.717) is 6.42 Å². The van der Waals surface area contributed by atoms with Crippen LogP contribution in [0.5, 0.6) is 0 Å². The number of hydrogen-bond acceptors (Lipinski definition) is 2. The maximum Gasteiger partial charge on any atom is 0.159 e. The number of nitrogens with one attached hydrogen (secondary N) is 1. The minimum atomic E-state index is -0.129. The van der Waals surface area contributed by atoms with Crippen LogP contribution in [0.2, 0.25) is 0 Å². The largest absolute Gasteiger partial charge is 0.375 e. The zero-order valence-electron chi connectivity index (χ0n) is 12.3. The van der Waals surface area contributed by atoms with E-state index >= 15 is 0 Å². The lowest BCUT2D eigenvalue weighted by atomic mass is 9.92. The Balaban J connectivity index is 1.61. The number of ketones is 1. The van der Waals surface area contributed by atoms with Crippen molar-refractivity contribution in [2.24, 2.45) is 0 Å². The molecule has 0 saturated carbocycles. The topological polar surface area (TPSA) is 29.1 Å². The first-order valence-electron chi connectivity index (χ1n) is 7.64. The lowest BCUT2D eigenvalue weighted by Gasteiger charge is -2.26. The molecule has 1 heterocycles. The van der Waals surface area contributed by atoms with Gasteiger partial charge in [-0.25, -0.2) is 0 Å². The van der Waals surface area contributed by atoms with Gasteiger partial charge in [-0.1, -0.05) is 60.7 Å². The average molecular weight is 287 g/mol. The van der Waals surface area contributed by atoms with Gasteiger partial charge in [0.05, 0.1) is 6.04 Å². The Morgan fingerprint density at radius 3 is 2.59 bits per heavy atom. The molecule has 1 aliphatic rings. The fourth-order valence-electron chi connectivity index (χ4n) is 3.16. The van der Waals surface area contributed by atoms with Crippen LogP contribution in [0, 0.1) is 0 Å². The van der Waals surface area contributed by atoms with Crippen LogP contribution in [-0.4, -0.2) is 11.8 Å². The van der Waals surface area contributed by atoms with Crippen molar-refractivity contribution in [1.82, 2.24) is 0 Å². The first kappa shape index (κ1) is 13.1. The molecule has 2 nitrogen and oxygen atoms in total. The van der Waals surface area contributed by atoms with Gasteiger partial charge in [0.2, 0.25) is 0 Å². The van der Waals surface area contributed by atoms with Crippen molar-refractivity contribution < 1.29 is 4.79 Å². The highest BCUT2D eigenvalue weighted by Gasteiger charge is 2.25. The number of benzene rings is 3. The van der Waals surface area contributed by atoms with Crippen LogP contribution >= 0.6 is 0 Å². The van der Waals surface area contributed by atoms with Crippen molar-refractivity contribution in [3.8, 4) is 0 Å². The van der Waals surface area contributed by atoms with Crippen LogP contribution in [0.3, 0.4) is 0 Å². The molecule has 1 aliphatic heterocycles. The third-order valence-corrected chi connectivity index (χ3v) is 4.35. The van der Waals surface area contributed by atoms with Crippen LogP contribution in [0.4, 0.5) is 5.69 Å². The standard InChI is InChI=1S/C20H17NO/c22-20-13-17-7-3-4-8-18(17)21-19(20)12-14-9-10-15-5-1-2-6-16(15)11-14/h1-11,19,21H,12-13H2/t19-/m0/s1. The monoisotopic (exact) mass is 287 g/mol. The number of anilines is 1. The van der Waals surface area contributed by atoms with Gasteiger partial charge in [0.15, 0.2) is 5.78 Å². The molecular weight excluding hydrogens is 270 g/mol. The molecular formula is C20H17NO. The van der Waals surface area contributed by atoms with Gasteiger partial charge in [-0.3, -0.25) is 4.79 Å². The van der Waals surface area contributed by atoms with E-state index < -0.39 is 0 Å². The Morgan fingerprint density at radius 2 is 1.68 bits per heavy atom. The summed E-state index contributed by atoms with van der Waals surface area (Å²) in [5.41, 5.74) is 3.39. The van der Waals surface area contributed by atoms with Crippen LogP contribution in [0.15, 0.2) is 66.7 Å². The maximum atomic E-state index is 12.4. The van der Waals surface area contributed by atoms with E-state index in [2.05, 4.69) is 41.7 Å². The molecule has 4 rings (SSSR count). The van der Waals surface area contributed by atoms with E-state index in [4.69, 9.17) is 0 Å². The van der Waals surface area contributed by atoms with Gasteiger partial charge >= 0.3 is 0 Å². The van der Waals surface area contributed by atoms with Gasteiger partial charge in [0, 0.05) is 12.1 Å². The van der Waals surface area contributed by atoms with Crippen molar-refractivity contribution in [2.75, 3.05) is 5.32 Å². The molecule has 0 radical (unpaired) electrons. The SMILES string of the molecule is O=C1Cc2ccccc2N[C@H]1Cc1ccc2ccccc2c1. The molecule has 0 aliphatic carbocycles. The van der Waals surface area contributed by atoms with Gasteiger partial charge in [-0.15, -0.1) is 0 Å². The summed E-state index contributed by atoms with van der Waals surface area (Å²) >= 11 is 0. The number of fused-ring (bicyclic) bond motifs is 2. The molecule has 0 fully saturated rings. The fourth-order valence-corrected chi connectivity index (χ4v) is 3.16. The van der Waals surface area contributed by atoms with Crippen LogP contribution in [-0.2, 0) is 17.6 Å². The Hall–Kier alpha value is -2.61. The Morgan fingerprint density at radius 1 is 0.909 bits per heavy atom. The lowest BCUT2D eigenvalue weighted by Crippen LogP contribution is -2.37. The fraction of sp³-hybridized carbons (Fsp3) is 0.150. The number of carbonyl (C=O) groups excluding carboxylic acids is 1. The summed E-state index contributed by atoms with van der Waals surface area (Å²) in [6, 6.07) is 22.7. The maximum absolute atomic E-state index is 12.4. The second-order valence-electron chi connectivity index (χ2n) is 5.88. The highest BCUT2D eigenvalue weighted by Crippen LogP contribution is 2.25. The lowest BCUT2D eigenvalue weighted by molar-refractivity contribution is -0.119. The van der Waals surface area contributed by atoms with E-state index in [1.165, 1.54) is 16.3 Å². The number of para-hydroxylation sites is 1. The Kier molecular flexibility index (Phi) is 3.15. The van der Waals surface area contributed by atoms with Crippen LogP contribution in [0.25, 0.3) is 10.8 Å². The van der Waals surface area contributed by atoms with Crippen LogP contribution in [0.1, 0.15) is 11.1 Å². The predicted molar refractivity (Wildman–Crippen MR) is 90.2 cm³/mol. The second kappa shape index (κ2) is 5.30. The second-order valence-corrected chi connectivity index (χ2v) is 5.88. The normalized spacial score (nSPS) is 17.1.